The molecule has 6 nitrogen and oxygen atoms in total. The zero-order valence-electron chi connectivity index (χ0n) is 14.1. The highest BCUT2D eigenvalue weighted by Crippen LogP contribution is 2.36. The third kappa shape index (κ3) is 2.62. The normalized spacial score (nSPS) is 11.0. The summed E-state index contributed by atoms with van der Waals surface area (Å²) in [6.07, 6.45) is 1.51. The molecule has 0 amide bonds. The minimum Gasteiger partial charge on any atom is -0.496 e. The van der Waals surface area contributed by atoms with Crippen molar-refractivity contribution in [2.45, 2.75) is 13.8 Å². The molecule has 3 aromatic heterocycles. The Bertz CT molecular complexity index is 1020. The lowest BCUT2D eigenvalue weighted by atomic mass is 10.2. The van der Waals surface area contributed by atoms with Gasteiger partial charge < -0.3 is 4.74 Å². The van der Waals surface area contributed by atoms with Crippen molar-refractivity contribution in [3.63, 3.8) is 0 Å². The molecular formula is C18H17N5OS. The number of aromatic amines is 1. The molecule has 0 bridgehead atoms. The van der Waals surface area contributed by atoms with Gasteiger partial charge in [-0.3, -0.25) is 4.57 Å². The number of methoxy groups -OCH3 is 1. The molecule has 0 unspecified atom stereocenters. The first-order valence-corrected chi connectivity index (χ1v) is 8.71. The van der Waals surface area contributed by atoms with E-state index < -0.39 is 0 Å². The van der Waals surface area contributed by atoms with Crippen LogP contribution in [-0.2, 0) is 0 Å². The first-order valence-electron chi connectivity index (χ1n) is 7.83. The standard InChI is InChI=1S/C18H17N5OS/c1-11-8-14(12(2)23(11)18-19-10-20-22-18)15-9-25-17(21-15)13-6-4-5-7-16(13)24-3/h4-10H,1-3H3,(H,19,20,22). The van der Waals surface area contributed by atoms with Crippen molar-refractivity contribution in [3.05, 3.63) is 53.4 Å². The van der Waals surface area contributed by atoms with Gasteiger partial charge in [-0.2, -0.15) is 10.1 Å². The van der Waals surface area contributed by atoms with Crippen LogP contribution in [0.1, 0.15) is 11.4 Å². The predicted molar refractivity (Wildman–Crippen MR) is 98.3 cm³/mol. The number of nitrogens with zero attached hydrogens (tertiary/aromatic N) is 4. The molecular weight excluding hydrogens is 334 g/mol. The highest BCUT2D eigenvalue weighted by molar-refractivity contribution is 7.13. The number of thiazole rings is 1. The first kappa shape index (κ1) is 15.6. The number of aryl methyl sites for hydroxylation is 1. The summed E-state index contributed by atoms with van der Waals surface area (Å²) < 4.78 is 7.50. The number of benzene rings is 1. The highest BCUT2D eigenvalue weighted by atomic mass is 32.1. The molecule has 0 fully saturated rings. The van der Waals surface area contributed by atoms with Gasteiger partial charge in [-0.05, 0) is 32.0 Å². The van der Waals surface area contributed by atoms with Gasteiger partial charge in [-0.15, -0.1) is 11.3 Å². The molecule has 0 aliphatic carbocycles. The maximum atomic E-state index is 5.45. The quantitative estimate of drug-likeness (QED) is 0.603. The molecule has 126 valence electrons. The van der Waals surface area contributed by atoms with E-state index in [9.17, 15) is 0 Å². The summed E-state index contributed by atoms with van der Waals surface area (Å²) >= 11 is 1.61. The van der Waals surface area contributed by atoms with Crippen molar-refractivity contribution < 1.29 is 4.74 Å². The Morgan fingerprint density at radius 3 is 2.76 bits per heavy atom. The van der Waals surface area contributed by atoms with Crippen LogP contribution in [0, 0.1) is 13.8 Å². The van der Waals surface area contributed by atoms with E-state index in [1.807, 2.05) is 35.8 Å². The number of para-hydroxylation sites is 1. The SMILES string of the molecule is COc1ccccc1-c1nc(-c2cc(C)n(-c3ncn[nH]3)c2C)cs1. The summed E-state index contributed by atoms with van der Waals surface area (Å²) in [7, 11) is 1.68. The van der Waals surface area contributed by atoms with Gasteiger partial charge >= 0.3 is 0 Å². The molecule has 0 atom stereocenters. The third-order valence-corrected chi connectivity index (χ3v) is 5.04. The summed E-state index contributed by atoms with van der Waals surface area (Å²) in [4.78, 5) is 9.09. The van der Waals surface area contributed by atoms with Crippen LogP contribution in [0.3, 0.4) is 0 Å². The van der Waals surface area contributed by atoms with Gasteiger partial charge in [0.15, 0.2) is 0 Å². The van der Waals surface area contributed by atoms with Crippen molar-refractivity contribution >= 4 is 11.3 Å². The second-order valence-corrected chi connectivity index (χ2v) is 6.53. The van der Waals surface area contributed by atoms with Crippen molar-refractivity contribution in [1.82, 2.24) is 24.7 Å². The molecule has 0 aliphatic rings. The van der Waals surface area contributed by atoms with E-state index in [1.54, 1.807) is 18.4 Å². The number of ether oxygens (including phenoxy) is 1. The van der Waals surface area contributed by atoms with Crippen LogP contribution < -0.4 is 4.74 Å². The lowest BCUT2D eigenvalue weighted by Crippen LogP contribution is -2.01. The van der Waals surface area contributed by atoms with Gasteiger partial charge in [0, 0.05) is 22.3 Å². The van der Waals surface area contributed by atoms with E-state index >= 15 is 0 Å². The highest BCUT2D eigenvalue weighted by Gasteiger charge is 2.17. The zero-order chi connectivity index (χ0) is 17.4. The number of nitrogens with one attached hydrogen (secondary N) is 1. The largest absolute Gasteiger partial charge is 0.496 e. The Labute approximate surface area is 149 Å². The van der Waals surface area contributed by atoms with Gasteiger partial charge in [-0.1, -0.05) is 12.1 Å². The van der Waals surface area contributed by atoms with Crippen LogP contribution in [0.25, 0.3) is 27.8 Å². The number of aromatic nitrogens is 5. The molecule has 0 saturated carbocycles. The summed E-state index contributed by atoms with van der Waals surface area (Å²) in [5, 5.41) is 9.87. The number of hydrogen-bond donors (Lipinski definition) is 1. The summed E-state index contributed by atoms with van der Waals surface area (Å²) in [5.74, 6) is 1.54. The van der Waals surface area contributed by atoms with E-state index in [0.717, 1.165) is 39.0 Å². The summed E-state index contributed by atoms with van der Waals surface area (Å²) in [6.45, 7) is 4.11. The summed E-state index contributed by atoms with van der Waals surface area (Å²) in [6, 6.07) is 10.1. The predicted octanol–water partition coefficient (Wildman–Crippen LogP) is 4.01. The van der Waals surface area contributed by atoms with Crippen LogP contribution >= 0.6 is 11.3 Å². The topological polar surface area (TPSA) is 68.6 Å². The van der Waals surface area contributed by atoms with Crippen molar-refractivity contribution in [3.8, 4) is 33.5 Å². The van der Waals surface area contributed by atoms with Gasteiger partial charge in [0.05, 0.1) is 18.4 Å². The number of rotatable bonds is 4. The smallest absolute Gasteiger partial charge is 0.229 e. The molecule has 7 heteroatoms. The minimum absolute atomic E-state index is 0.710. The fourth-order valence-corrected chi connectivity index (χ4v) is 3.85. The average Bonchev–Trinajstić information content (AvgIpc) is 3.35. The van der Waals surface area contributed by atoms with Crippen LogP contribution in [0.5, 0.6) is 5.75 Å². The molecule has 3 heterocycles. The Hall–Kier alpha value is -2.93. The molecule has 4 rings (SSSR count). The Morgan fingerprint density at radius 1 is 1.16 bits per heavy atom. The van der Waals surface area contributed by atoms with E-state index in [4.69, 9.17) is 9.72 Å². The van der Waals surface area contributed by atoms with Gasteiger partial charge in [-0.25, -0.2) is 10.1 Å². The second-order valence-electron chi connectivity index (χ2n) is 5.67. The fraction of sp³-hybridized carbons (Fsp3) is 0.167. The van der Waals surface area contributed by atoms with E-state index in [2.05, 4.69) is 33.6 Å². The first-order chi connectivity index (χ1) is 12.2. The maximum Gasteiger partial charge on any atom is 0.229 e. The molecule has 25 heavy (non-hydrogen) atoms. The van der Waals surface area contributed by atoms with Gasteiger partial charge in [0.25, 0.3) is 0 Å². The van der Waals surface area contributed by atoms with E-state index in [1.165, 1.54) is 6.33 Å². The van der Waals surface area contributed by atoms with Crippen molar-refractivity contribution in [2.24, 2.45) is 0 Å². The summed E-state index contributed by atoms with van der Waals surface area (Å²) in [5.41, 5.74) is 5.20. The molecule has 0 saturated heterocycles. The van der Waals surface area contributed by atoms with Crippen LogP contribution in [0.2, 0.25) is 0 Å². The molecule has 0 radical (unpaired) electrons. The monoisotopic (exact) mass is 351 g/mol. The van der Waals surface area contributed by atoms with Crippen molar-refractivity contribution in [1.29, 1.82) is 0 Å². The van der Waals surface area contributed by atoms with Crippen LogP contribution in [-0.4, -0.2) is 31.8 Å². The number of hydrogen-bond acceptors (Lipinski definition) is 5. The zero-order valence-corrected chi connectivity index (χ0v) is 15.0. The third-order valence-electron chi connectivity index (χ3n) is 4.16. The van der Waals surface area contributed by atoms with Gasteiger partial charge in [0.2, 0.25) is 5.95 Å². The van der Waals surface area contributed by atoms with Crippen LogP contribution in [0.15, 0.2) is 42.0 Å². The molecule has 1 aromatic carbocycles. The Kier molecular flexibility index (Phi) is 3.85. The maximum absolute atomic E-state index is 5.45. The average molecular weight is 351 g/mol. The molecule has 1 N–H and O–H groups in total. The Balaban J connectivity index is 1.78. The van der Waals surface area contributed by atoms with Gasteiger partial charge in [0.1, 0.15) is 17.1 Å². The second kappa shape index (κ2) is 6.18. The molecule has 4 aromatic rings. The van der Waals surface area contributed by atoms with Crippen LogP contribution in [0.4, 0.5) is 0 Å². The van der Waals surface area contributed by atoms with E-state index in [-0.39, 0.29) is 0 Å². The lowest BCUT2D eigenvalue weighted by molar-refractivity contribution is 0.416. The molecule has 0 spiro atoms. The van der Waals surface area contributed by atoms with Crippen molar-refractivity contribution in [2.75, 3.05) is 7.11 Å². The fourth-order valence-electron chi connectivity index (χ4n) is 3.00. The molecule has 0 aliphatic heterocycles. The number of H-pyrrole nitrogens is 1. The van der Waals surface area contributed by atoms with E-state index in [0.29, 0.717) is 5.95 Å². The minimum atomic E-state index is 0.710. The lowest BCUT2D eigenvalue weighted by Gasteiger charge is -2.05. The Morgan fingerprint density at radius 2 is 2.00 bits per heavy atom.